The lowest BCUT2D eigenvalue weighted by atomic mass is 10.3. The highest BCUT2D eigenvalue weighted by molar-refractivity contribution is 6.32. The van der Waals surface area contributed by atoms with Gasteiger partial charge >= 0.3 is 5.56 Å². The van der Waals surface area contributed by atoms with E-state index in [1.54, 1.807) is 41.9 Å². The van der Waals surface area contributed by atoms with Crippen LogP contribution >= 0.6 is 11.6 Å². The van der Waals surface area contributed by atoms with Gasteiger partial charge in [-0.1, -0.05) is 11.6 Å². The average Bonchev–Trinajstić information content (AvgIpc) is 2.82. The van der Waals surface area contributed by atoms with Gasteiger partial charge in [0.1, 0.15) is 11.6 Å². The topological polar surface area (TPSA) is 61.4 Å². The molecule has 1 aromatic carbocycles. The number of nitrogens with zero attached hydrogens (tertiary/aromatic N) is 4. The van der Waals surface area contributed by atoms with Crippen LogP contribution in [0.3, 0.4) is 0 Å². The molecule has 2 aromatic heterocycles. The number of hydrogen-bond acceptors (Lipinski definition) is 4. The van der Waals surface area contributed by atoms with Gasteiger partial charge in [0.25, 0.3) is 0 Å². The highest BCUT2D eigenvalue weighted by Crippen LogP contribution is 2.26. The predicted octanol–water partition coefficient (Wildman–Crippen LogP) is 1.85. The van der Waals surface area contributed by atoms with Crippen LogP contribution in [0.4, 0.5) is 0 Å². The van der Waals surface area contributed by atoms with Gasteiger partial charge in [-0.05, 0) is 25.1 Å². The summed E-state index contributed by atoms with van der Waals surface area (Å²) in [5.41, 5.74) is 0.662. The van der Waals surface area contributed by atoms with E-state index < -0.39 is 0 Å². The van der Waals surface area contributed by atoms with Crippen molar-refractivity contribution in [2.75, 3.05) is 7.11 Å². The van der Waals surface area contributed by atoms with E-state index >= 15 is 0 Å². The molecule has 0 N–H and O–H groups in total. The van der Waals surface area contributed by atoms with Crippen LogP contribution in [0.2, 0.25) is 5.02 Å². The van der Waals surface area contributed by atoms with E-state index in [4.69, 9.17) is 16.3 Å². The van der Waals surface area contributed by atoms with Gasteiger partial charge in [-0.15, -0.1) is 10.2 Å². The monoisotopic (exact) mass is 290 g/mol. The van der Waals surface area contributed by atoms with Gasteiger partial charge in [0.2, 0.25) is 5.65 Å². The smallest absolute Gasteiger partial charge is 0.300 e. The zero-order chi connectivity index (χ0) is 14.3. The molecule has 0 atom stereocenters. The second-order valence-electron chi connectivity index (χ2n) is 4.23. The third kappa shape index (κ3) is 1.85. The maximum absolute atomic E-state index is 12.4. The Kier molecular flexibility index (Phi) is 2.94. The summed E-state index contributed by atoms with van der Waals surface area (Å²) in [4.78, 5) is 12.4. The second-order valence-corrected chi connectivity index (χ2v) is 4.64. The van der Waals surface area contributed by atoms with Crippen LogP contribution in [0.1, 0.15) is 5.82 Å². The van der Waals surface area contributed by atoms with E-state index in [9.17, 15) is 4.79 Å². The molecule has 2 heterocycles. The molecule has 0 spiro atoms. The number of hydrogen-bond donors (Lipinski definition) is 0. The Bertz CT molecular complexity index is 853. The number of ether oxygens (including phenoxy) is 1. The van der Waals surface area contributed by atoms with E-state index in [1.807, 2.05) is 0 Å². The molecule has 20 heavy (non-hydrogen) atoms. The van der Waals surface area contributed by atoms with Crippen LogP contribution in [-0.2, 0) is 0 Å². The SMILES string of the molecule is COc1ccc(-n2ccn3c(C)nnc3c2=O)cc1Cl. The lowest BCUT2D eigenvalue weighted by molar-refractivity contribution is 0.415. The molecule has 6 nitrogen and oxygen atoms in total. The van der Waals surface area contributed by atoms with E-state index in [2.05, 4.69) is 10.2 Å². The van der Waals surface area contributed by atoms with Crippen molar-refractivity contribution in [3.05, 3.63) is 51.8 Å². The molecule has 0 saturated heterocycles. The summed E-state index contributed by atoms with van der Waals surface area (Å²) in [7, 11) is 1.54. The minimum atomic E-state index is -0.255. The number of aromatic nitrogens is 4. The third-order valence-corrected chi connectivity index (χ3v) is 3.35. The first-order valence-corrected chi connectivity index (χ1v) is 6.26. The van der Waals surface area contributed by atoms with Crippen LogP contribution in [-0.4, -0.2) is 26.3 Å². The molecule has 0 radical (unpaired) electrons. The highest BCUT2D eigenvalue weighted by Gasteiger charge is 2.10. The summed E-state index contributed by atoms with van der Waals surface area (Å²) in [6.07, 6.45) is 3.40. The van der Waals surface area contributed by atoms with Gasteiger partial charge in [-0.25, -0.2) is 0 Å². The highest BCUT2D eigenvalue weighted by atomic mass is 35.5. The van der Waals surface area contributed by atoms with E-state index in [1.165, 1.54) is 11.7 Å². The molecule has 0 amide bonds. The molecule has 0 saturated carbocycles. The molecule has 0 fully saturated rings. The lowest BCUT2D eigenvalue weighted by Crippen LogP contribution is -2.20. The van der Waals surface area contributed by atoms with Crippen molar-refractivity contribution in [1.29, 1.82) is 0 Å². The van der Waals surface area contributed by atoms with Crippen molar-refractivity contribution >= 4 is 17.2 Å². The first-order chi connectivity index (χ1) is 9.61. The number of rotatable bonds is 2. The summed E-state index contributed by atoms with van der Waals surface area (Å²) in [6, 6.07) is 5.14. The number of aryl methyl sites for hydroxylation is 1. The lowest BCUT2D eigenvalue weighted by Gasteiger charge is -2.08. The average molecular weight is 291 g/mol. The molecule has 3 rings (SSSR count). The minimum absolute atomic E-state index is 0.255. The van der Waals surface area contributed by atoms with Crippen LogP contribution in [0.15, 0.2) is 35.4 Å². The van der Waals surface area contributed by atoms with Crippen LogP contribution in [0.5, 0.6) is 5.75 Å². The molecule has 3 aromatic rings. The zero-order valence-corrected chi connectivity index (χ0v) is 11.6. The van der Waals surface area contributed by atoms with E-state index in [-0.39, 0.29) is 11.2 Å². The van der Waals surface area contributed by atoms with Gasteiger partial charge in [0, 0.05) is 12.4 Å². The zero-order valence-electron chi connectivity index (χ0n) is 10.9. The van der Waals surface area contributed by atoms with E-state index in [0.29, 0.717) is 22.3 Å². The summed E-state index contributed by atoms with van der Waals surface area (Å²) < 4.78 is 8.20. The Morgan fingerprint density at radius 2 is 2.05 bits per heavy atom. The minimum Gasteiger partial charge on any atom is -0.495 e. The molecular weight excluding hydrogens is 280 g/mol. The Morgan fingerprint density at radius 1 is 1.25 bits per heavy atom. The molecule has 102 valence electrons. The number of fused-ring (bicyclic) bond motifs is 1. The van der Waals surface area contributed by atoms with Crippen molar-refractivity contribution in [3.8, 4) is 11.4 Å². The summed E-state index contributed by atoms with van der Waals surface area (Å²) in [6.45, 7) is 1.79. The van der Waals surface area contributed by atoms with Crippen LogP contribution in [0, 0.1) is 6.92 Å². The second kappa shape index (κ2) is 4.64. The summed E-state index contributed by atoms with van der Waals surface area (Å²) >= 11 is 6.08. The first kappa shape index (κ1) is 12.7. The third-order valence-electron chi connectivity index (χ3n) is 3.05. The Labute approximate surface area is 119 Å². The predicted molar refractivity (Wildman–Crippen MR) is 74.9 cm³/mol. The van der Waals surface area contributed by atoms with Gasteiger partial charge in [-0.3, -0.25) is 13.8 Å². The number of halogens is 1. The normalized spacial score (nSPS) is 10.9. The number of benzene rings is 1. The Hall–Kier alpha value is -2.34. The Morgan fingerprint density at radius 3 is 2.75 bits per heavy atom. The first-order valence-electron chi connectivity index (χ1n) is 5.88. The van der Waals surface area contributed by atoms with Crippen molar-refractivity contribution in [2.24, 2.45) is 0 Å². The van der Waals surface area contributed by atoms with Crippen LogP contribution < -0.4 is 10.3 Å². The molecule has 7 heteroatoms. The van der Waals surface area contributed by atoms with Crippen molar-refractivity contribution in [2.45, 2.75) is 6.92 Å². The number of methoxy groups -OCH3 is 1. The molecule has 0 aliphatic rings. The maximum atomic E-state index is 12.4. The molecule has 0 bridgehead atoms. The largest absolute Gasteiger partial charge is 0.495 e. The quantitative estimate of drug-likeness (QED) is 0.723. The fraction of sp³-hybridized carbons (Fsp3) is 0.154. The summed E-state index contributed by atoms with van der Waals surface area (Å²) in [5.74, 6) is 1.22. The van der Waals surface area contributed by atoms with E-state index in [0.717, 1.165) is 0 Å². The standard InChI is InChI=1S/C13H11ClN4O2/c1-8-15-16-12-13(19)18(6-5-17(8)12)9-3-4-11(20-2)10(14)7-9/h3-7H,1-2H3. The van der Waals surface area contributed by atoms with Crippen molar-refractivity contribution in [1.82, 2.24) is 19.2 Å². The van der Waals surface area contributed by atoms with Crippen molar-refractivity contribution in [3.63, 3.8) is 0 Å². The molecule has 0 aliphatic carbocycles. The Balaban J connectivity index is 2.22. The van der Waals surface area contributed by atoms with Crippen LogP contribution in [0.25, 0.3) is 11.3 Å². The molecule has 0 aliphatic heterocycles. The van der Waals surface area contributed by atoms with Gasteiger partial charge in [-0.2, -0.15) is 0 Å². The summed E-state index contributed by atoms with van der Waals surface area (Å²) in [5, 5.41) is 8.21. The van der Waals surface area contributed by atoms with Crippen molar-refractivity contribution < 1.29 is 4.74 Å². The fourth-order valence-electron chi connectivity index (χ4n) is 2.01. The van der Waals surface area contributed by atoms with Gasteiger partial charge in [0.05, 0.1) is 17.8 Å². The molecule has 0 unspecified atom stereocenters. The molecular formula is C13H11ClN4O2. The van der Waals surface area contributed by atoms with Gasteiger partial charge < -0.3 is 4.74 Å². The fourth-order valence-corrected chi connectivity index (χ4v) is 2.26. The maximum Gasteiger partial charge on any atom is 0.300 e. The van der Waals surface area contributed by atoms with Gasteiger partial charge in [0.15, 0.2) is 0 Å².